The van der Waals surface area contributed by atoms with Crippen LogP contribution in [0, 0.1) is 5.92 Å². The molecule has 0 bridgehead atoms. The minimum absolute atomic E-state index is 0.0358. The zero-order valence-electron chi connectivity index (χ0n) is 17.7. The predicted molar refractivity (Wildman–Crippen MR) is 110 cm³/mol. The number of amides is 3. The van der Waals surface area contributed by atoms with Gasteiger partial charge < -0.3 is 29.7 Å². The number of guanidine groups is 1. The lowest BCUT2D eigenvalue weighted by molar-refractivity contribution is -0.127. The smallest absolute Gasteiger partial charge is 0.325 e. The van der Waals surface area contributed by atoms with Gasteiger partial charge in [0.15, 0.2) is 12.0 Å². The number of imide groups is 1. The molecule has 2 fully saturated rings. The Morgan fingerprint density at radius 1 is 1.20 bits per heavy atom. The van der Waals surface area contributed by atoms with Crippen molar-refractivity contribution in [3.63, 3.8) is 0 Å². The molecular formula is C20H29N5O5. The molecule has 0 aromatic heterocycles. The highest BCUT2D eigenvalue weighted by molar-refractivity contribution is 6.04. The van der Waals surface area contributed by atoms with Gasteiger partial charge in [-0.3, -0.25) is 15.1 Å². The summed E-state index contributed by atoms with van der Waals surface area (Å²) < 4.78 is 10.8. The van der Waals surface area contributed by atoms with Crippen LogP contribution in [0.5, 0.6) is 11.5 Å². The molecule has 1 aromatic rings. The molecule has 0 saturated carbocycles. The van der Waals surface area contributed by atoms with Crippen LogP contribution in [0.3, 0.4) is 0 Å². The molecule has 3 amide bonds. The molecule has 2 saturated heterocycles. The van der Waals surface area contributed by atoms with Gasteiger partial charge in [-0.1, -0.05) is 13.8 Å². The topological polar surface area (TPSA) is 116 Å². The van der Waals surface area contributed by atoms with E-state index in [1.165, 1.54) is 4.90 Å². The summed E-state index contributed by atoms with van der Waals surface area (Å²) in [6, 6.07) is 5.89. The fraction of sp³-hybridized carbons (Fsp3) is 0.550. The molecule has 2 aliphatic heterocycles. The second-order valence-corrected chi connectivity index (χ2v) is 7.79. The minimum Gasteiger partial charge on any atom is -0.497 e. The number of aliphatic hydroxyl groups excluding tert-OH is 1. The van der Waals surface area contributed by atoms with E-state index in [1.807, 2.05) is 13.8 Å². The van der Waals surface area contributed by atoms with Crippen LogP contribution in [0.1, 0.15) is 13.8 Å². The summed E-state index contributed by atoms with van der Waals surface area (Å²) in [7, 11) is 3.20. The summed E-state index contributed by atoms with van der Waals surface area (Å²) in [6.45, 7) is 4.79. The van der Waals surface area contributed by atoms with Gasteiger partial charge in [-0.05, 0) is 30.2 Å². The number of likely N-dealkylation sites (N-methyl/N-ethyl adjacent to an activating group) is 1. The van der Waals surface area contributed by atoms with E-state index in [1.54, 1.807) is 43.3 Å². The van der Waals surface area contributed by atoms with Crippen molar-refractivity contribution in [2.24, 2.45) is 10.9 Å². The molecule has 10 nitrogen and oxygen atoms in total. The summed E-state index contributed by atoms with van der Waals surface area (Å²) in [4.78, 5) is 32.2. The largest absolute Gasteiger partial charge is 0.497 e. The van der Waals surface area contributed by atoms with Gasteiger partial charge in [0.2, 0.25) is 0 Å². The molecule has 164 valence electrons. The number of carbonyl (C=O) groups excluding carboxylic acids is 2. The number of rotatable bonds is 8. The molecular weight excluding hydrogens is 390 g/mol. The van der Waals surface area contributed by atoms with Crippen molar-refractivity contribution < 1.29 is 24.2 Å². The zero-order valence-corrected chi connectivity index (χ0v) is 17.7. The van der Waals surface area contributed by atoms with Crippen LogP contribution >= 0.6 is 0 Å². The second-order valence-electron chi connectivity index (χ2n) is 7.79. The average Bonchev–Trinajstić information content (AvgIpc) is 3.08. The van der Waals surface area contributed by atoms with Crippen molar-refractivity contribution in [2.45, 2.75) is 32.2 Å². The van der Waals surface area contributed by atoms with Gasteiger partial charge in [-0.2, -0.15) is 0 Å². The number of benzene rings is 1. The third kappa shape index (κ3) is 4.76. The number of fused-ring (bicyclic) bond motifs is 1. The Labute approximate surface area is 175 Å². The van der Waals surface area contributed by atoms with Gasteiger partial charge in [0.25, 0.3) is 5.91 Å². The number of carbonyl (C=O) groups is 2. The molecule has 3 unspecified atom stereocenters. The molecule has 3 atom stereocenters. The summed E-state index contributed by atoms with van der Waals surface area (Å²) in [5.74, 6) is 1.69. The van der Waals surface area contributed by atoms with Crippen molar-refractivity contribution in [1.29, 1.82) is 0 Å². The Morgan fingerprint density at radius 3 is 2.50 bits per heavy atom. The summed E-state index contributed by atoms with van der Waals surface area (Å²) in [5, 5.41) is 16.1. The normalized spacial score (nSPS) is 23.3. The van der Waals surface area contributed by atoms with Crippen molar-refractivity contribution in [1.82, 2.24) is 20.4 Å². The number of hydrogen-bond acceptors (Lipinski definition) is 6. The lowest BCUT2D eigenvalue weighted by Gasteiger charge is -2.35. The zero-order chi connectivity index (χ0) is 21.8. The maximum atomic E-state index is 12.5. The molecule has 0 radical (unpaired) electrons. The third-order valence-corrected chi connectivity index (χ3v) is 4.94. The van der Waals surface area contributed by atoms with E-state index in [0.717, 1.165) is 0 Å². The average molecular weight is 419 g/mol. The monoisotopic (exact) mass is 419 g/mol. The Kier molecular flexibility index (Phi) is 6.66. The van der Waals surface area contributed by atoms with E-state index in [4.69, 9.17) is 9.47 Å². The maximum absolute atomic E-state index is 12.5. The first-order valence-electron chi connectivity index (χ1n) is 9.90. The van der Waals surface area contributed by atoms with Crippen LogP contribution in [0.4, 0.5) is 4.79 Å². The number of hydrogen-bond donors (Lipinski definition) is 3. The van der Waals surface area contributed by atoms with Crippen molar-refractivity contribution in [3.05, 3.63) is 24.3 Å². The molecule has 2 heterocycles. The van der Waals surface area contributed by atoms with Gasteiger partial charge in [-0.25, -0.2) is 4.79 Å². The van der Waals surface area contributed by atoms with Gasteiger partial charge in [0.05, 0.1) is 13.7 Å². The number of nitrogens with zero attached hydrogens (tertiary/aromatic N) is 3. The lowest BCUT2D eigenvalue weighted by atomic mass is 10.1. The SMILES string of the molecule is COc1ccc(OCC(O)CN2C(=NCC(C)C)NC3C2C(=O)NC(=O)N3C)cc1. The van der Waals surface area contributed by atoms with Crippen molar-refractivity contribution in [2.75, 3.05) is 33.9 Å². The quantitative estimate of drug-likeness (QED) is 0.552. The van der Waals surface area contributed by atoms with E-state index in [0.29, 0.717) is 29.9 Å². The van der Waals surface area contributed by atoms with Crippen molar-refractivity contribution in [3.8, 4) is 11.5 Å². The van der Waals surface area contributed by atoms with E-state index in [9.17, 15) is 14.7 Å². The molecule has 10 heteroatoms. The molecule has 30 heavy (non-hydrogen) atoms. The molecule has 0 aliphatic carbocycles. The molecule has 3 N–H and O–H groups in total. The number of nitrogens with one attached hydrogen (secondary N) is 2. The van der Waals surface area contributed by atoms with Crippen molar-refractivity contribution >= 4 is 17.9 Å². The van der Waals surface area contributed by atoms with Crippen LogP contribution in [-0.2, 0) is 4.79 Å². The van der Waals surface area contributed by atoms with Gasteiger partial charge in [0, 0.05) is 13.6 Å². The Morgan fingerprint density at radius 2 is 1.87 bits per heavy atom. The Bertz CT molecular complexity index is 797. The number of methoxy groups -OCH3 is 1. The fourth-order valence-corrected chi connectivity index (χ4v) is 3.33. The number of β-amino-alcohol motifs (C(OH)–C–C–N with tert-alkyl or cyclic N) is 1. The molecule has 0 spiro atoms. The van der Waals surface area contributed by atoms with E-state index >= 15 is 0 Å². The van der Waals surface area contributed by atoms with Crippen LogP contribution in [0.25, 0.3) is 0 Å². The van der Waals surface area contributed by atoms with E-state index in [2.05, 4.69) is 15.6 Å². The van der Waals surface area contributed by atoms with Crippen LogP contribution in [-0.4, -0.2) is 85.0 Å². The highest BCUT2D eigenvalue weighted by atomic mass is 16.5. The number of urea groups is 1. The maximum Gasteiger partial charge on any atom is 0.325 e. The standard InChI is InChI=1S/C20H29N5O5/c1-12(2)9-21-19-22-17-16(18(27)23-20(28)24(17)3)25(19)10-13(26)11-30-15-7-5-14(29-4)6-8-15/h5-8,12-13,16-17,26H,9-11H2,1-4H3,(H,21,22)(H,23,27,28). The van der Waals surface area contributed by atoms with E-state index in [-0.39, 0.29) is 13.2 Å². The third-order valence-electron chi connectivity index (χ3n) is 4.94. The first-order chi connectivity index (χ1) is 14.3. The second kappa shape index (κ2) is 9.21. The molecule has 2 aliphatic rings. The van der Waals surface area contributed by atoms with Gasteiger partial charge >= 0.3 is 6.03 Å². The fourth-order valence-electron chi connectivity index (χ4n) is 3.33. The summed E-state index contributed by atoms with van der Waals surface area (Å²) in [6.07, 6.45) is -1.43. The first-order valence-corrected chi connectivity index (χ1v) is 9.90. The van der Waals surface area contributed by atoms with Crippen LogP contribution in [0.15, 0.2) is 29.3 Å². The van der Waals surface area contributed by atoms with Crippen LogP contribution < -0.4 is 20.1 Å². The van der Waals surface area contributed by atoms with Gasteiger partial charge in [-0.15, -0.1) is 0 Å². The summed E-state index contributed by atoms with van der Waals surface area (Å²) in [5.41, 5.74) is 0. The molecule has 1 aromatic carbocycles. The Hall–Kier alpha value is -3.01. The van der Waals surface area contributed by atoms with Gasteiger partial charge in [0.1, 0.15) is 30.4 Å². The Balaban J connectivity index is 1.70. The minimum atomic E-state index is -0.882. The lowest BCUT2D eigenvalue weighted by Crippen LogP contribution is -2.65. The number of aliphatic imine (C=N–C) groups is 1. The highest BCUT2D eigenvalue weighted by Crippen LogP contribution is 2.22. The first kappa shape index (κ1) is 21.7. The number of aliphatic hydroxyl groups is 1. The summed E-state index contributed by atoms with van der Waals surface area (Å²) >= 11 is 0. The van der Waals surface area contributed by atoms with Crippen LogP contribution in [0.2, 0.25) is 0 Å². The van der Waals surface area contributed by atoms with E-state index < -0.39 is 30.2 Å². The number of ether oxygens (including phenoxy) is 2. The predicted octanol–water partition coefficient (Wildman–Crippen LogP) is 0.228. The highest BCUT2D eigenvalue weighted by Gasteiger charge is 2.50. The molecule has 3 rings (SSSR count).